The number of anilines is 2. The molecule has 0 saturated carbocycles. The molecular weight excluding hydrogens is 274 g/mol. The van der Waals surface area contributed by atoms with Crippen LogP contribution in [0.4, 0.5) is 11.4 Å². The van der Waals surface area contributed by atoms with Crippen LogP contribution < -0.4 is 10.6 Å². The van der Waals surface area contributed by atoms with E-state index < -0.39 is 10.0 Å². The molecule has 0 saturated heterocycles. The highest BCUT2D eigenvalue weighted by Gasteiger charge is 2.24. The number of hydrogen-bond donors (Lipinski definition) is 1. The third kappa shape index (κ3) is 3.07. The summed E-state index contributed by atoms with van der Waals surface area (Å²) >= 11 is 0. The molecule has 1 unspecified atom stereocenters. The summed E-state index contributed by atoms with van der Waals surface area (Å²) < 4.78 is 25.7. The molecule has 114 valence electrons. The van der Waals surface area contributed by atoms with Crippen LogP contribution in [0.1, 0.15) is 27.2 Å². The summed E-state index contributed by atoms with van der Waals surface area (Å²) in [5, 5.41) is 0. The third-order valence-electron chi connectivity index (χ3n) is 3.57. The van der Waals surface area contributed by atoms with E-state index in [0.29, 0.717) is 11.7 Å². The molecule has 6 heteroatoms. The van der Waals surface area contributed by atoms with Crippen molar-refractivity contribution in [2.24, 2.45) is 0 Å². The van der Waals surface area contributed by atoms with Gasteiger partial charge in [0.2, 0.25) is 10.0 Å². The molecule has 0 aliphatic heterocycles. The number of sulfonamides is 1. The molecule has 0 aliphatic carbocycles. The topological polar surface area (TPSA) is 66.6 Å². The standard InChI is InChI=1S/C14H25N3O2S/c1-6-11(3)17(7-2)12-9-8-10-13(14(12)15)20(18,19)16(4)5/h8-11H,6-7,15H2,1-5H3. The first-order valence-corrected chi connectivity index (χ1v) is 8.29. The highest BCUT2D eigenvalue weighted by Crippen LogP contribution is 2.32. The lowest BCUT2D eigenvalue weighted by molar-refractivity contribution is 0.521. The van der Waals surface area contributed by atoms with E-state index in [4.69, 9.17) is 5.73 Å². The molecule has 1 aromatic carbocycles. The molecular formula is C14H25N3O2S. The van der Waals surface area contributed by atoms with E-state index in [1.807, 2.05) is 13.0 Å². The predicted octanol–water partition coefficient (Wildman–Crippen LogP) is 2.14. The predicted molar refractivity (Wildman–Crippen MR) is 84.5 cm³/mol. The first kappa shape index (κ1) is 16.8. The van der Waals surface area contributed by atoms with Crippen molar-refractivity contribution in [1.29, 1.82) is 0 Å². The summed E-state index contributed by atoms with van der Waals surface area (Å²) in [6.07, 6.45) is 0.970. The summed E-state index contributed by atoms with van der Waals surface area (Å²) in [6, 6.07) is 5.48. The Morgan fingerprint density at radius 2 is 1.85 bits per heavy atom. The number of para-hydroxylation sites is 1. The van der Waals surface area contributed by atoms with Gasteiger partial charge in [-0.3, -0.25) is 0 Å². The van der Waals surface area contributed by atoms with Crippen LogP contribution in [-0.4, -0.2) is 39.4 Å². The van der Waals surface area contributed by atoms with Crippen molar-refractivity contribution in [3.05, 3.63) is 18.2 Å². The second-order valence-electron chi connectivity index (χ2n) is 5.02. The molecule has 5 nitrogen and oxygen atoms in total. The van der Waals surface area contributed by atoms with Gasteiger partial charge in [-0.05, 0) is 32.4 Å². The lowest BCUT2D eigenvalue weighted by Crippen LogP contribution is -2.33. The Hall–Kier alpha value is -1.27. The molecule has 0 heterocycles. The number of nitrogens with two attached hydrogens (primary N) is 1. The Kier molecular flexibility index (Phi) is 5.42. The molecule has 0 amide bonds. The monoisotopic (exact) mass is 299 g/mol. The average Bonchev–Trinajstić information content (AvgIpc) is 2.40. The van der Waals surface area contributed by atoms with E-state index in [1.54, 1.807) is 12.1 Å². The van der Waals surface area contributed by atoms with Crippen molar-refractivity contribution in [2.75, 3.05) is 31.3 Å². The highest BCUT2D eigenvalue weighted by molar-refractivity contribution is 7.89. The van der Waals surface area contributed by atoms with Crippen molar-refractivity contribution in [1.82, 2.24) is 4.31 Å². The maximum absolute atomic E-state index is 12.3. The molecule has 0 aromatic heterocycles. The molecule has 2 N–H and O–H groups in total. The van der Waals surface area contributed by atoms with Crippen molar-refractivity contribution >= 4 is 21.4 Å². The molecule has 0 fully saturated rings. The SMILES string of the molecule is CCC(C)N(CC)c1cccc(S(=O)(=O)N(C)C)c1N. The van der Waals surface area contributed by atoms with E-state index in [0.717, 1.165) is 18.7 Å². The first-order chi connectivity index (χ1) is 9.27. The largest absolute Gasteiger partial charge is 0.396 e. The van der Waals surface area contributed by atoms with Crippen molar-refractivity contribution in [2.45, 2.75) is 38.1 Å². The van der Waals surface area contributed by atoms with Gasteiger partial charge in [-0.25, -0.2) is 12.7 Å². The Labute approximate surface area is 122 Å². The molecule has 0 radical (unpaired) electrons. The van der Waals surface area contributed by atoms with E-state index in [-0.39, 0.29) is 4.90 Å². The van der Waals surface area contributed by atoms with Crippen LogP contribution in [0.5, 0.6) is 0 Å². The minimum absolute atomic E-state index is 0.168. The van der Waals surface area contributed by atoms with E-state index in [9.17, 15) is 8.42 Å². The summed E-state index contributed by atoms with van der Waals surface area (Å²) in [7, 11) is -0.507. The molecule has 0 spiro atoms. The summed E-state index contributed by atoms with van der Waals surface area (Å²) in [5.74, 6) is 0. The molecule has 1 aromatic rings. The minimum atomic E-state index is -3.52. The van der Waals surface area contributed by atoms with Gasteiger partial charge in [-0.15, -0.1) is 0 Å². The number of nitrogens with zero attached hydrogens (tertiary/aromatic N) is 2. The normalized spacial score (nSPS) is 13.5. The zero-order valence-electron chi connectivity index (χ0n) is 12.9. The lowest BCUT2D eigenvalue weighted by Gasteiger charge is -2.31. The number of nitrogen functional groups attached to an aromatic ring is 1. The van der Waals surface area contributed by atoms with Crippen molar-refractivity contribution in [3.8, 4) is 0 Å². The van der Waals surface area contributed by atoms with E-state index in [1.165, 1.54) is 18.4 Å². The number of benzene rings is 1. The summed E-state index contributed by atoms with van der Waals surface area (Å²) in [5.41, 5.74) is 7.23. The fraction of sp³-hybridized carbons (Fsp3) is 0.571. The van der Waals surface area contributed by atoms with Gasteiger partial charge in [0.25, 0.3) is 0 Å². The van der Waals surface area contributed by atoms with Gasteiger partial charge in [0.15, 0.2) is 0 Å². The van der Waals surface area contributed by atoms with Crippen LogP contribution in [0.3, 0.4) is 0 Å². The fourth-order valence-electron chi connectivity index (χ4n) is 2.14. The zero-order valence-corrected chi connectivity index (χ0v) is 13.7. The number of hydrogen-bond acceptors (Lipinski definition) is 4. The molecule has 1 rings (SSSR count). The van der Waals surface area contributed by atoms with Crippen LogP contribution in [0.2, 0.25) is 0 Å². The van der Waals surface area contributed by atoms with Gasteiger partial charge in [0.1, 0.15) is 4.90 Å². The average molecular weight is 299 g/mol. The molecule has 0 bridgehead atoms. The van der Waals surface area contributed by atoms with Gasteiger partial charge in [0.05, 0.1) is 11.4 Å². The summed E-state index contributed by atoms with van der Waals surface area (Å²) in [4.78, 5) is 2.30. The van der Waals surface area contributed by atoms with Crippen molar-refractivity contribution in [3.63, 3.8) is 0 Å². The van der Waals surface area contributed by atoms with Crippen LogP contribution in [0.15, 0.2) is 23.1 Å². The Morgan fingerprint density at radius 1 is 1.25 bits per heavy atom. The van der Waals surface area contributed by atoms with Crippen LogP contribution in [0, 0.1) is 0 Å². The van der Waals surface area contributed by atoms with Gasteiger partial charge in [-0.1, -0.05) is 13.0 Å². The van der Waals surface area contributed by atoms with Gasteiger partial charge in [0, 0.05) is 26.7 Å². The molecule has 1 atom stereocenters. The second-order valence-corrected chi connectivity index (χ2v) is 7.14. The Morgan fingerprint density at radius 3 is 2.30 bits per heavy atom. The highest BCUT2D eigenvalue weighted by atomic mass is 32.2. The molecule has 0 aliphatic rings. The first-order valence-electron chi connectivity index (χ1n) is 6.84. The Balaban J connectivity index is 3.40. The molecule has 20 heavy (non-hydrogen) atoms. The maximum atomic E-state index is 12.3. The maximum Gasteiger partial charge on any atom is 0.244 e. The lowest BCUT2D eigenvalue weighted by atomic mass is 10.1. The van der Waals surface area contributed by atoms with Crippen LogP contribution in [-0.2, 0) is 10.0 Å². The quantitative estimate of drug-likeness (QED) is 0.817. The van der Waals surface area contributed by atoms with Crippen molar-refractivity contribution < 1.29 is 8.42 Å². The van der Waals surface area contributed by atoms with Crippen LogP contribution >= 0.6 is 0 Å². The zero-order chi connectivity index (χ0) is 15.5. The Bertz CT molecular complexity index is 556. The van der Waals surface area contributed by atoms with E-state index in [2.05, 4.69) is 18.7 Å². The van der Waals surface area contributed by atoms with E-state index >= 15 is 0 Å². The van der Waals surface area contributed by atoms with Gasteiger partial charge < -0.3 is 10.6 Å². The van der Waals surface area contributed by atoms with Crippen LogP contribution in [0.25, 0.3) is 0 Å². The minimum Gasteiger partial charge on any atom is -0.396 e. The summed E-state index contributed by atoms with van der Waals surface area (Å²) in [6.45, 7) is 7.03. The van der Waals surface area contributed by atoms with Gasteiger partial charge >= 0.3 is 0 Å². The smallest absolute Gasteiger partial charge is 0.244 e. The third-order valence-corrected chi connectivity index (χ3v) is 5.45. The van der Waals surface area contributed by atoms with Gasteiger partial charge in [-0.2, -0.15) is 0 Å². The number of rotatable bonds is 6. The fourth-order valence-corrected chi connectivity index (χ4v) is 3.17. The second kappa shape index (κ2) is 6.45.